The summed E-state index contributed by atoms with van der Waals surface area (Å²) in [5.74, 6) is 0.710. The van der Waals surface area contributed by atoms with Crippen LogP contribution in [0.1, 0.15) is 44.6 Å². The zero-order valence-corrected chi connectivity index (χ0v) is 12.0. The van der Waals surface area contributed by atoms with Gasteiger partial charge < -0.3 is 17.7 Å². The van der Waals surface area contributed by atoms with E-state index in [2.05, 4.69) is 6.92 Å². The van der Waals surface area contributed by atoms with Crippen molar-refractivity contribution in [2.75, 3.05) is 0 Å². The summed E-state index contributed by atoms with van der Waals surface area (Å²) in [6, 6.07) is 4.33. The largest absolute Gasteiger partial charge is 0.513 e. The van der Waals surface area contributed by atoms with Crippen molar-refractivity contribution in [3.05, 3.63) is 23.8 Å². The number of halogens is 3. The maximum Gasteiger partial charge on any atom is 0.513 e. The molecule has 1 fully saturated rings. The van der Waals surface area contributed by atoms with E-state index in [1.54, 1.807) is 13.0 Å². The lowest BCUT2D eigenvalue weighted by Crippen LogP contribution is -2.37. The standard InChI is InChI=1S/C15H21BF3O/c1-3-12-5-7-13(8-6-12)20-15-9-4-11(2)10-14(15)16(17,18)19/h4,9-10,12-13H,3,5-8H2,1-2H3/q-1. The molecule has 0 spiro atoms. The Kier molecular flexibility index (Phi) is 4.66. The average Bonchev–Trinajstić information content (AvgIpc) is 2.40. The third-order valence-corrected chi connectivity index (χ3v) is 4.18. The van der Waals surface area contributed by atoms with Gasteiger partial charge in [-0.05, 0) is 44.6 Å². The van der Waals surface area contributed by atoms with E-state index in [1.807, 2.05) is 0 Å². The fourth-order valence-corrected chi connectivity index (χ4v) is 2.87. The molecule has 0 heterocycles. The maximum atomic E-state index is 13.1. The van der Waals surface area contributed by atoms with E-state index in [0.717, 1.165) is 32.1 Å². The van der Waals surface area contributed by atoms with Crippen molar-refractivity contribution in [1.29, 1.82) is 0 Å². The minimum atomic E-state index is -5.03. The zero-order chi connectivity index (χ0) is 14.8. The van der Waals surface area contributed by atoms with Crippen LogP contribution in [0.25, 0.3) is 0 Å². The molecular weight excluding hydrogens is 264 g/mol. The van der Waals surface area contributed by atoms with Gasteiger partial charge in [-0.3, -0.25) is 0 Å². The molecule has 1 aliphatic carbocycles. The second kappa shape index (κ2) is 6.11. The molecule has 1 aromatic rings. The summed E-state index contributed by atoms with van der Waals surface area (Å²) in [4.78, 5) is 0. The maximum absolute atomic E-state index is 13.1. The molecule has 0 radical (unpaired) electrons. The summed E-state index contributed by atoms with van der Waals surface area (Å²) < 4.78 is 44.9. The van der Waals surface area contributed by atoms with Crippen LogP contribution in [0.15, 0.2) is 18.2 Å². The van der Waals surface area contributed by atoms with Gasteiger partial charge in [0.25, 0.3) is 0 Å². The van der Waals surface area contributed by atoms with Gasteiger partial charge in [-0.15, -0.1) is 0 Å². The highest BCUT2D eigenvalue weighted by atomic mass is 19.4. The second-order valence-electron chi connectivity index (χ2n) is 5.78. The number of aryl methyl sites for hydroxylation is 1. The third kappa shape index (κ3) is 3.71. The van der Waals surface area contributed by atoms with Crippen molar-refractivity contribution in [2.24, 2.45) is 5.92 Å². The molecule has 5 heteroatoms. The quantitative estimate of drug-likeness (QED) is 0.745. The molecule has 0 amide bonds. The lowest BCUT2D eigenvalue weighted by atomic mass is 9.78. The molecule has 0 aliphatic heterocycles. The van der Waals surface area contributed by atoms with E-state index in [4.69, 9.17) is 4.74 Å². The Balaban J connectivity index is 2.10. The van der Waals surface area contributed by atoms with Crippen LogP contribution >= 0.6 is 0 Å². The van der Waals surface area contributed by atoms with Crippen LogP contribution < -0.4 is 10.2 Å². The molecule has 0 aromatic heterocycles. The summed E-state index contributed by atoms with van der Waals surface area (Å²) in [6.45, 7) is -1.19. The number of rotatable bonds is 4. The Morgan fingerprint density at radius 2 is 1.80 bits per heavy atom. The minimum absolute atomic E-state index is 0.00282. The van der Waals surface area contributed by atoms with Crippen molar-refractivity contribution < 1.29 is 17.7 Å². The molecule has 0 N–H and O–H groups in total. The van der Waals surface area contributed by atoms with E-state index < -0.39 is 12.4 Å². The number of ether oxygens (including phenoxy) is 1. The first-order valence-corrected chi connectivity index (χ1v) is 7.37. The van der Waals surface area contributed by atoms with Crippen LogP contribution in [0.3, 0.4) is 0 Å². The average molecular weight is 285 g/mol. The summed E-state index contributed by atoms with van der Waals surface area (Å²) >= 11 is 0. The molecule has 1 saturated carbocycles. The highest BCUT2D eigenvalue weighted by Crippen LogP contribution is 2.30. The lowest BCUT2D eigenvalue weighted by molar-refractivity contribution is 0.130. The molecule has 2 rings (SSSR count). The van der Waals surface area contributed by atoms with Gasteiger partial charge in [0.15, 0.2) is 0 Å². The molecule has 1 aromatic carbocycles. The summed E-state index contributed by atoms with van der Waals surface area (Å²) in [5, 5.41) is 0. The molecule has 1 nitrogen and oxygen atoms in total. The highest BCUT2D eigenvalue weighted by molar-refractivity contribution is 6.74. The molecule has 112 valence electrons. The predicted octanol–water partition coefficient (Wildman–Crippen LogP) is 4.40. The Hall–Kier alpha value is -1.13. The summed E-state index contributed by atoms with van der Waals surface area (Å²) in [5.41, 5.74) is 0.0175. The van der Waals surface area contributed by atoms with Gasteiger partial charge in [-0.25, -0.2) is 0 Å². The fraction of sp³-hybridized carbons (Fsp3) is 0.600. The molecule has 0 bridgehead atoms. The monoisotopic (exact) mass is 285 g/mol. The van der Waals surface area contributed by atoms with Gasteiger partial charge in [0.05, 0.1) is 11.9 Å². The van der Waals surface area contributed by atoms with Gasteiger partial charge in [-0.2, -0.15) is 0 Å². The number of benzene rings is 1. The lowest BCUT2D eigenvalue weighted by Gasteiger charge is -2.30. The first kappa shape index (κ1) is 15.3. The van der Waals surface area contributed by atoms with Crippen LogP contribution in [0.5, 0.6) is 5.75 Å². The predicted molar refractivity (Wildman–Crippen MR) is 76.6 cm³/mol. The molecule has 0 saturated heterocycles. The zero-order valence-electron chi connectivity index (χ0n) is 12.0. The smallest absolute Gasteiger partial charge is 0.493 e. The minimum Gasteiger partial charge on any atom is -0.493 e. The van der Waals surface area contributed by atoms with Gasteiger partial charge in [-0.1, -0.05) is 36.5 Å². The number of hydrogen-bond donors (Lipinski definition) is 0. The van der Waals surface area contributed by atoms with Crippen molar-refractivity contribution in [3.8, 4) is 5.75 Å². The Morgan fingerprint density at radius 3 is 2.35 bits per heavy atom. The van der Waals surface area contributed by atoms with Crippen molar-refractivity contribution in [3.63, 3.8) is 0 Å². The van der Waals surface area contributed by atoms with Crippen LogP contribution in [0.2, 0.25) is 0 Å². The van der Waals surface area contributed by atoms with Crippen molar-refractivity contribution in [2.45, 2.75) is 52.1 Å². The van der Waals surface area contributed by atoms with E-state index >= 15 is 0 Å². The molecule has 0 unspecified atom stereocenters. The number of hydrogen-bond acceptors (Lipinski definition) is 1. The van der Waals surface area contributed by atoms with E-state index in [-0.39, 0.29) is 11.9 Å². The van der Waals surface area contributed by atoms with E-state index in [1.165, 1.54) is 12.1 Å². The fourth-order valence-electron chi connectivity index (χ4n) is 2.87. The molecular formula is C15H21BF3O-. The topological polar surface area (TPSA) is 9.23 Å². The first-order chi connectivity index (χ1) is 9.40. The normalized spacial score (nSPS) is 23.6. The summed E-state index contributed by atoms with van der Waals surface area (Å²) in [7, 11) is 0. The van der Waals surface area contributed by atoms with Gasteiger partial charge >= 0.3 is 6.98 Å². The van der Waals surface area contributed by atoms with Gasteiger partial charge in [0, 0.05) is 0 Å². The van der Waals surface area contributed by atoms with E-state index in [9.17, 15) is 12.9 Å². The second-order valence-corrected chi connectivity index (χ2v) is 5.78. The SMILES string of the molecule is CCC1CCC(Oc2ccc(C)cc2[B-](F)(F)F)CC1. The highest BCUT2D eigenvalue weighted by Gasteiger charge is 2.30. The molecule has 1 aliphatic rings. The van der Waals surface area contributed by atoms with Crippen LogP contribution in [0.4, 0.5) is 12.9 Å². The molecule has 0 atom stereocenters. The van der Waals surface area contributed by atoms with Crippen LogP contribution in [0, 0.1) is 12.8 Å². The van der Waals surface area contributed by atoms with Gasteiger partial charge in [0.2, 0.25) is 0 Å². The van der Waals surface area contributed by atoms with Gasteiger partial charge in [0.1, 0.15) is 0 Å². The summed E-state index contributed by atoms with van der Waals surface area (Å²) in [6.07, 6.45) is 4.90. The Morgan fingerprint density at radius 1 is 1.15 bits per heavy atom. The molecule has 20 heavy (non-hydrogen) atoms. The van der Waals surface area contributed by atoms with Crippen LogP contribution in [-0.4, -0.2) is 13.1 Å². The Labute approximate surface area is 118 Å². The van der Waals surface area contributed by atoms with Crippen molar-refractivity contribution >= 4 is 12.4 Å². The van der Waals surface area contributed by atoms with E-state index in [0.29, 0.717) is 11.5 Å². The Bertz CT molecular complexity index is 451. The van der Waals surface area contributed by atoms with Crippen LogP contribution in [-0.2, 0) is 0 Å². The first-order valence-electron chi connectivity index (χ1n) is 7.37. The third-order valence-electron chi connectivity index (χ3n) is 4.18. The van der Waals surface area contributed by atoms with Crippen molar-refractivity contribution in [1.82, 2.24) is 0 Å².